The Kier molecular flexibility index (Phi) is 4.72. The molecule has 2 heterocycles. The van der Waals surface area contributed by atoms with Crippen molar-refractivity contribution in [3.05, 3.63) is 34.9 Å². The number of benzene rings is 1. The summed E-state index contributed by atoms with van der Waals surface area (Å²) in [5.41, 5.74) is 0.367. The summed E-state index contributed by atoms with van der Waals surface area (Å²) in [6.45, 7) is 8.15. The second kappa shape index (κ2) is 6.57. The normalized spacial score (nSPS) is 28.4. The van der Waals surface area contributed by atoms with Crippen LogP contribution in [0.5, 0.6) is 0 Å². The molecule has 2 aliphatic heterocycles. The van der Waals surface area contributed by atoms with Crippen LogP contribution in [-0.4, -0.2) is 47.0 Å². The van der Waals surface area contributed by atoms with Gasteiger partial charge < -0.3 is 14.6 Å². The van der Waals surface area contributed by atoms with Crippen LogP contribution in [0.1, 0.15) is 50.3 Å². The molecule has 6 nitrogen and oxygen atoms in total. The lowest BCUT2D eigenvalue weighted by molar-refractivity contribution is -0.141. The van der Waals surface area contributed by atoms with Crippen molar-refractivity contribution in [2.75, 3.05) is 13.2 Å². The van der Waals surface area contributed by atoms with Crippen LogP contribution in [0, 0.1) is 18.3 Å². The number of carbonyl (C=O) groups is 1. The minimum Gasteiger partial charge on any atom is -0.444 e. The van der Waals surface area contributed by atoms with Crippen LogP contribution in [0.4, 0.5) is 4.79 Å². The SMILES string of the molecule is Cc1ccc(C#N)c(C2(O)CC3COCC(C2)N3C(=O)OC(C)(C)C)c1. The third-order valence-corrected chi connectivity index (χ3v) is 4.96. The van der Waals surface area contributed by atoms with E-state index in [2.05, 4.69) is 6.07 Å². The smallest absolute Gasteiger partial charge is 0.410 e. The first kappa shape index (κ1) is 18.7. The summed E-state index contributed by atoms with van der Waals surface area (Å²) < 4.78 is 11.2. The molecule has 1 N–H and O–H groups in total. The monoisotopic (exact) mass is 358 g/mol. The van der Waals surface area contributed by atoms with Crippen molar-refractivity contribution in [1.82, 2.24) is 4.90 Å². The summed E-state index contributed by atoms with van der Waals surface area (Å²) in [6, 6.07) is 7.10. The molecule has 2 saturated heterocycles. The number of aliphatic hydroxyl groups is 1. The van der Waals surface area contributed by atoms with Crippen molar-refractivity contribution in [1.29, 1.82) is 5.26 Å². The van der Waals surface area contributed by atoms with E-state index in [1.54, 1.807) is 11.0 Å². The Morgan fingerprint density at radius 2 is 1.96 bits per heavy atom. The van der Waals surface area contributed by atoms with Crippen molar-refractivity contribution in [2.24, 2.45) is 0 Å². The second-order valence-corrected chi connectivity index (χ2v) is 8.33. The molecule has 2 bridgehead atoms. The molecule has 0 saturated carbocycles. The molecule has 140 valence electrons. The van der Waals surface area contributed by atoms with Crippen LogP contribution < -0.4 is 0 Å². The van der Waals surface area contributed by atoms with E-state index in [-0.39, 0.29) is 18.2 Å². The number of amides is 1. The number of fused-ring (bicyclic) bond motifs is 2. The van der Waals surface area contributed by atoms with E-state index < -0.39 is 11.2 Å². The van der Waals surface area contributed by atoms with E-state index in [9.17, 15) is 15.2 Å². The first-order valence-electron chi connectivity index (χ1n) is 8.96. The van der Waals surface area contributed by atoms with Crippen LogP contribution >= 0.6 is 0 Å². The van der Waals surface area contributed by atoms with Crippen LogP contribution in [0.15, 0.2) is 18.2 Å². The first-order chi connectivity index (χ1) is 12.1. The average Bonchev–Trinajstić information content (AvgIpc) is 2.52. The predicted molar refractivity (Wildman–Crippen MR) is 95.5 cm³/mol. The van der Waals surface area contributed by atoms with E-state index >= 15 is 0 Å². The molecule has 2 fully saturated rings. The zero-order valence-electron chi connectivity index (χ0n) is 15.8. The molecular weight excluding hydrogens is 332 g/mol. The maximum absolute atomic E-state index is 12.7. The maximum Gasteiger partial charge on any atom is 0.410 e. The third-order valence-electron chi connectivity index (χ3n) is 4.96. The first-order valence-corrected chi connectivity index (χ1v) is 8.96. The molecule has 1 aromatic rings. The van der Waals surface area contributed by atoms with Crippen molar-refractivity contribution in [3.8, 4) is 6.07 Å². The second-order valence-electron chi connectivity index (χ2n) is 8.33. The lowest BCUT2D eigenvalue weighted by Crippen LogP contribution is -2.63. The molecule has 2 unspecified atom stereocenters. The lowest BCUT2D eigenvalue weighted by atomic mass is 9.75. The van der Waals surface area contributed by atoms with E-state index in [1.165, 1.54) is 0 Å². The number of ether oxygens (including phenoxy) is 2. The largest absolute Gasteiger partial charge is 0.444 e. The molecule has 26 heavy (non-hydrogen) atoms. The number of rotatable bonds is 1. The summed E-state index contributed by atoms with van der Waals surface area (Å²) in [7, 11) is 0. The molecule has 2 atom stereocenters. The van der Waals surface area contributed by atoms with Gasteiger partial charge in [0.2, 0.25) is 0 Å². The van der Waals surface area contributed by atoms with Crippen molar-refractivity contribution in [2.45, 2.75) is 63.8 Å². The molecule has 0 aromatic heterocycles. The van der Waals surface area contributed by atoms with Gasteiger partial charge in [-0.05, 0) is 33.8 Å². The number of piperidine rings is 1. The molecule has 0 spiro atoms. The van der Waals surface area contributed by atoms with Gasteiger partial charge >= 0.3 is 6.09 Å². The topological polar surface area (TPSA) is 82.8 Å². The average molecular weight is 358 g/mol. The van der Waals surface area contributed by atoms with Crippen molar-refractivity contribution in [3.63, 3.8) is 0 Å². The van der Waals surface area contributed by atoms with Crippen LogP contribution in [0.25, 0.3) is 0 Å². The zero-order chi connectivity index (χ0) is 19.1. The van der Waals surface area contributed by atoms with Crippen LogP contribution in [0.2, 0.25) is 0 Å². The number of hydrogen-bond acceptors (Lipinski definition) is 5. The zero-order valence-corrected chi connectivity index (χ0v) is 15.8. The minimum atomic E-state index is -1.16. The number of nitriles is 1. The highest BCUT2D eigenvalue weighted by Crippen LogP contribution is 2.42. The number of carbonyl (C=O) groups excluding carboxylic acids is 1. The number of morpholine rings is 1. The number of nitrogens with zero attached hydrogens (tertiary/aromatic N) is 2. The van der Waals surface area contributed by atoms with Gasteiger partial charge in [-0.1, -0.05) is 17.7 Å². The Bertz CT molecular complexity index is 733. The third kappa shape index (κ3) is 3.55. The van der Waals surface area contributed by atoms with Crippen molar-refractivity contribution >= 4 is 6.09 Å². The summed E-state index contributed by atoms with van der Waals surface area (Å²) in [6.07, 6.45) is 0.268. The molecule has 6 heteroatoms. The standard InChI is InChI=1S/C20H26N2O4/c1-13-5-6-14(10-21)17(7-13)20(24)8-15-11-25-12-16(9-20)22(15)18(23)26-19(2,3)4/h5-7,15-16,24H,8-9,11-12H2,1-4H3. The Hall–Kier alpha value is -2.10. The van der Waals surface area contributed by atoms with Gasteiger partial charge in [0, 0.05) is 18.4 Å². The fourth-order valence-corrected chi connectivity index (χ4v) is 3.95. The highest BCUT2D eigenvalue weighted by molar-refractivity contribution is 5.69. The summed E-state index contributed by atoms with van der Waals surface area (Å²) in [4.78, 5) is 14.4. The Morgan fingerprint density at radius 1 is 1.35 bits per heavy atom. The highest BCUT2D eigenvalue weighted by Gasteiger charge is 2.50. The molecular formula is C20H26N2O4. The van der Waals surface area contributed by atoms with Crippen LogP contribution in [-0.2, 0) is 15.1 Å². The van der Waals surface area contributed by atoms with Crippen LogP contribution in [0.3, 0.4) is 0 Å². The fraction of sp³-hybridized carbons (Fsp3) is 0.600. The van der Waals surface area contributed by atoms with Gasteiger partial charge in [0.1, 0.15) is 5.60 Å². The van der Waals surface area contributed by atoms with E-state index in [0.29, 0.717) is 37.2 Å². The molecule has 0 aliphatic carbocycles. The van der Waals surface area contributed by atoms with E-state index in [0.717, 1.165) is 5.56 Å². The van der Waals surface area contributed by atoms with E-state index in [1.807, 2.05) is 39.8 Å². The van der Waals surface area contributed by atoms with Crippen molar-refractivity contribution < 1.29 is 19.4 Å². The van der Waals surface area contributed by atoms with Gasteiger partial charge in [-0.2, -0.15) is 5.26 Å². The summed E-state index contributed by atoms with van der Waals surface area (Å²) in [5.74, 6) is 0. The fourth-order valence-electron chi connectivity index (χ4n) is 3.95. The highest BCUT2D eigenvalue weighted by atomic mass is 16.6. The Labute approximate surface area is 154 Å². The van der Waals surface area contributed by atoms with Gasteiger partial charge in [0.25, 0.3) is 0 Å². The Morgan fingerprint density at radius 3 is 2.50 bits per heavy atom. The minimum absolute atomic E-state index is 0.283. The number of aryl methyl sites for hydroxylation is 1. The van der Waals surface area contributed by atoms with Gasteiger partial charge in [0.15, 0.2) is 0 Å². The van der Waals surface area contributed by atoms with Gasteiger partial charge in [-0.25, -0.2) is 4.79 Å². The van der Waals surface area contributed by atoms with Gasteiger partial charge in [-0.3, -0.25) is 4.90 Å². The molecule has 1 aromatic carbocycles. The lowest BCUT2D eigenvalue weighted by Gasteiger charge is -2.51. The molecule has 0 radical (unpaired) electrons. The maximum atomic E-state index is 12.7. The van der Waals surface area contributed by atoms with Gasteiger partial charge in [-0.15, -0.1) is 0 Å². The quantitative estimate of drug-likeness (QED) is 0.835. The van der Waals surface area contributed by atoms with Gasteiger partial charge in [0.05, 0.1) is 42.5 Å². The predicted octanol–water partition coefficient (Wildman–Crippen LogP) is 2.85. The summed E-state index contributed by atoms with van der Waals surface area (Å²) >= 11 is 0. The molecule has 1 amide bonds. The molecule has 3 rings (SSSR count). The van der Waals surface area contributed by atoms with E-state index in [4.69, 9.17) is 9.47 Å². The summed E-state index contributed by atoms with van der Waals surface area (Å²) in [5, 5.41) is 20.9. The number of hydrogen-bond donors (Lipinski definition) is 1. The molecule has 2 aliphatic rings. The Balaban J connectivity index is 1.91.